The smallest absolute Gasteiger partial charge is 0.276 e. The van der Waals surface area contributed by atoms with Crippen LogP contribution in [0.25, 0.3) is 5.70 Å². The highest BCUT2D eigenvalue weighted by Gasteiger charge is 2.27. The van der Waals surface area contributed by atoms with Gasteiger partial charge in [-0.15, -0.1) is 0 Å². The molecule has 0 unspecified atom stereocenters. The van der Waals surface area contributed by atoms with Gasteiger partial charge in [0.1, 0.15) is 5.75 Å². The number of hydrogen-bond acceptors (Lipinski definition) is 3. The minimum absolute atomic E-state index is 0.0743. The van der Waals surface area contributed by atoms with Crippen LogP contribution in [0.2, 0.25) is 0 Å². The highest BCUT2D eigenvalue weighted by Crippen LogP contribution is 2.36. The molecule has 0 bridgehead atoms. The maximum atomic E-state index is 12.1. The third-order valence-electron chi connectivity index (χ3n) is 4.50. The lowest BCUT2D eigenvalue weighted by Gasteiger charge is -2.33. The molecule has 0 aliphatic rings. The van der Waals surface area contributed by atoms with Crippen LogP contribution >= 0.6 is 15.9 Å². The van der Waals surface area contributed by atoms with Gasteiger partial charge in [-0.1, -0.05) is 81.4 Å². The molecular formula is C24H31BrN2O2. The molecule has 29 heavy (non-hydrogen) atoms. The number of amides is 1. The molecule has 4 nitrogen and oxygen atoms in total. The summed E-state index contributed by atoms with van der Waals surface area (Å²) in [6.45, 7) is 15.1. The van der Waals surface area contributed by atoms with E-state index in [-0.39, 0.29) is 23.3 Å². The Balaban J connectivity index is 1.83. The molecule has 2 aromatic rings. The summed E-state index contributed by atoms with van der Waals surface area (Å²) in [5, 5.41) is 0. The highest BCUT2D eigenvalue weighted by molar-refractivity contribution is 9.10. The van der Waals surface area contributed by atoms with Crippen LogP contribution in [0.3, 0.4) is 0 Å². The number of halogens is 1. The molecule has 2 rings (SSSR count). The zero-order valence-corrected chi connectivity index (χ0v) is 19.5. The molecule has 2 N–H and O–H groups in total. The average molecular weight is 459 g/mol. The van der Waals surface area contributed by atoms with Crippen molar-refractivity contribution < 1.29 is 9.53 Å². The predicted molar refractivity (Wildman–Crippen MR) is 123 cm³/mol. The molecule has 0 atom stereocenters. The Morgan fingerprint density at radius 1 is 1.03 bits per heavy atom. The first-order valence-electron chi connectivity index (χ1n) is 9.69. The summed E-state index contributed by atoms with van der Waals surface area (Å²) in [5.41, 5.74) is 8.49. The van der Waals surface area contributed by atoms with Crippen LogP contribution in [-0.4, -0.2) is 12.5 Å². The van der Waals surface area contributed by atoms with Crippen molar-refractivity contribution in [3.05, 3.63) is 70.7 Å². The fraction of sp³-hybridized carbons (Fsp3) is 0.375. The molecule has 0 saturated carbocycles. The zero-order chi connectivity index (χ0) is 21.7. The van der Waals surface area contributed by atoms with Gasteiger partial charge >= 0.3 is 0 Å². The Morgan fingerprint density at radius 2 is 1.69 bits per heavy atom. The van der Waals surface area contributed by atoms with Crippen LogP contribution in [0.4, 0.5) is 0 Å². The molecule has 2 aromatic carbocycles. The minimum atomic E-state index is -0.279. The van der Waals surface area contributed by atoms with Gasteiger partial charge in [0.15, 0.2) is 6.61 Å². The Hall–Kier alpha value is -2.27. The van der Waals surface area contributed by atoms with Gasteiger partial charge in [-0.3, -0.25) is 15.6 Å². The van der Waals surface area contributed by atoms with Crippen molar-refractivity contribution in [2.75, 3.05) is 6.61 Å². The minimum Gasteiger partial charge on any atom is -0.484 e. The number of ether oxygens (including phenoxy) is 1. The second-order valence-corrected chi connectivity index (χ2v) is 10.0. The number of carbonyl (C=O) groups excluding carboxylic acids is 1. The van der Waals surface area contributed by atoms with E-state index in [9.17, 15) is 4.79 Å². The molecular weight excluding hydrogens is 428 g/mol. The van der Waals surface area contributed by atoms with E-state index in [2.05, 4.69) is 80.1 Å². The van der Waals surface area contributed by atoms with Crippen molar-refractivity contribution in [3.8, 4) is 5.75 Å². The van der Waals surface area contributed by atoms with Gasteiger partial charge in [-0.05, 0) is 52.6 Å². The van der Waals surface area contributed by atoms with Crippen molar-refractivity contribution >= 4 is 27.5 Å². The topological polar surface area (TPSA) is 50.4 Å². The Kier molecular flexibility index (Phi) is 7.53. The van der Waals surface area contributed by atoms with E-state index in [0.717, 1.165) is 16.5 Å². The van der Waals surface area contributed by atoms with Gasteiger partial charge in [0.2, 0.25) is 0 Å². The lowest BCUT2D eigenvalue weighted by atomic mass is 9.72. The summed E-state index contributed by atoms with van der Waals surface area (Å²) in [5.74, 6) is 0.388. The number of rotatable bonds is 8. The predicted octanol–water partition coefficient (Wildman–Crippen LogP) is 5.83. The van der Waals surface area contributed by atoms with Crippen LogP contribution in [0.5, 0.6) is 5.75 Å². The first-order valence-corrected chi connectivity index (χ1v) is 10.5. The fourth-order valence-corrected chi connectivity index (χ4v) is 3.91. The van der Waals surface area contributed by atoms with Crippen molar-refractivity contribution in [1.82, 2.24) is 10.9 Å². The Bertz CT molecular complexity index is 852. The molecule has 0 saturated heterocycles. The van der Waals surface area contributed by atoms with E-state index < -0.39 is 0 Å². The third kappa shape index (κ3) is 7.58. The molecule has 1 amide bonds. The largest absolute Gasteiger partial charge is 0.484 e. The SMILES string of the molecule is C=C(NNC(=O)COc1ccc(C(C)(C)CC(C)(C)C)cc1)c1cccc(Br)c1. The van der Waals surface area contributed by atoms with Gasteiger partial charge < -0.3 is 4.74 Å². The van der Waals surface area contributed by atoms with Gasteiger partial charge in [0.05, 0.1) is 5.70 Å². The summed E-state index contributed by atoms with van der Waals surface area (Å²) in [6, 6.07) is 15.6. The molecule has 5 heteroatoms. The summed E-state index contributed by atoms with van der Waals surface area (Å²) in [6.07, 6.45) is 1.08. The molecule has 0 heterocycles. The summed E-state index contributed by atoms with van der Waals surface area (Å²) in [4.78, 5) is 12.1. The van der Waals surface area contributed by atoms with Crippen molar-refractivity contribution in [2.24, 2.45) is 5.41 Å². The van der Waals surface area contributed by atoms with Crippen molar-refractivity contribution in [1.29, 1.82) is 0 Å². The van der Waals surface area contributed by atoms with Gasteiger partial charge in [0.25, 0.3) is 5.91 Å². The monoisotopic (exact) mass is 458 g/mol. The van der Waals surface area contributed by atoms with Crippen LogP contribution in [0, 0.1) is 5.41 Å². The first kappa shape index (κ1) is 23.0. The molecule has 0 spiro atoms. The van der Waals surface area contributed by atoms with Crippen LogP contribution in [0.1, 0.15) is 52.2 Å². The van der Waals surface area contributed by atoms with E-state index in [1.807, 2.05) is 36.4 Å². The van der Waals surface area contributed by atoms with Crippen LogP contribution in [-0.2, 0) is 10.2 Å². The van der Waals surface area contributed by atoms with E-state index in [4.69, 9.17) is 4.74 Å². The number of nitrogens with one attached hydrogen (secondary N) is 2. The van der Waals surface area contributed by atoms with E-state index in [1.165, 1.54) is 5.56 Å². The summed E-state index contributed by atoms with van der Waals surface area (Å²) in [7, 11) is 0. The zero-order valence-electron chi connectivity index (χ0n) is 17.9. The second kappa shape index (κ2) is 9.49. The second-order valence-electron chi connectivity index (χ2n) is 9.10. The lowest BCUT2D eigenvalue weighted by molar-refractivity contribution is -0.123. The number of hydrazine groups is 1. The number of hydrogen-bond donors (Lipinski definition) is 2. The standard InChI is InChI=1S/C24H31BrN2O2/c1-17(18-8-7-9-20(25)14-18)26-27-22(28)15-29-21-12-10-19(11-13-21)24(5,6)16-23(2,3)4/h7-14,26H,1,15-16H2,2-6H3,(H,27,28). The third-order valence-corrected chi connectivity index (χ3v) is 5.00. The van der Waals surface area contributed by atoms with Crippen molar-refractivity contribution in [2.45, 2.75) is 46.5 Å². The Labute approximate surface area is 182 Å². The van der Waals surface area contributed by atoms with Gasteiger partial charge in [-0.2, -0.15) is 0 Å². The van der Waals surface area contributed by atoms with Crippen molar-refractivity contribution in [3.63, 3.8) is 0 Å². The van der Waals surface area contributed by atoms with E-state index in [0.29, 0.717) is 11.4 Å². The molecule has 0 fully saturated rings. The first-order chi connectivity index (χ1) is 13.5. The molecule has 0 aliphatic heterocycles. The quantitative estimate of drug-likeness (QED) is 0.488. The number of carbonyl (C=O) groups is 1. The maximum Gasteiger partial charge on any atom is 0.276 e. The Morgan fingerprint density at radius 3 is 2.28 bits per heavy atom. The molecule has 0 aliphatic carbocycles. The van der Waals surface area contributed by atoms with Crippen LogP contribution < -0.4 is 15.6 Å². The fourth-order valence-electron chi connectivity index (χ4n) is 3.51. The summed E-state index contributed by atoms with van der Waals surface area (Å²) >= 11 is 3.42. The molecule has 156 valence electrons. The highest BCUT2D eigenvalue weighted by atomic mass is 79.9. The maximum absolute atomic E-state index is 12.1. The van der Waals surface area contributed by atoms with Gasteiger partial charge in [-0.25, -0.2) is 0 Å². The summed E-state index contributed by atoms with van der Waals surface area (Å²) < 4.78 is 6.55. The van der Waals surface area contributed by atoms with Gasteiger partial charge in [0, 0.05) is 4.47 Å². The molecule has 0 radical (unpaired) electrons. The van der Waals surface area contributed by atoms with Crippen LogP contribution in [0.15, 0.2) is 59.6 Å². The number of benzene rings is 2. The normalized spacial score (nSPS) is 11.7. The van der Waals surface area contributed by atoms with E-state index in [1.54, 1.807) is 0 Å². The average Bonchev–Trinajstić information content (AvgIpc) is 2.63. The molecule has 0 aromatic heterocycles. The van der Waals surface area contributed by atoms with E-state index >= 15 is 0 Å². The lowest BCUT2D eigenvalue weighted by Crippen LogP contribution is -2.38.